The second kappa shape index (κ2) is 6.72. The normalized spacial score (nSPS) is 27.1. The van der Waals surface area contributed by atoms with Crippen LogP contribution in [0.3, 0.4) is 0 Å². The number of amides is 3. The Hall–Kier alpha value is -1.59. The first-order chi connectivity index (χ1) is 9.58. The van der Waals surface area contributed by atoms with E-state index in [1.165, 1.54) is 19.3 Å². The summed E-state index contributed by atoms with van der Waals surface area (Å²) in [5.41, 5.74) is 0. The van der Waals surface area contributed by atoms with E-state index in [0.717, 1.165) is 12.3 Å². The Morgan fingerprint density at radius 2 is 2.00 bits per heavy atom. The summed E-state index contributed by atoms with van der Waals surface area (Å²) < 4.78 is 4.92. The van der Waals surface area contributed by atoms with Crippen LogP contribution in [-0.4, -0.2) is 31.1 Å². The summed E-state index contributed by atoms with van der Waals surface area (Å²) in [7, 11) is 0. The number of imide groups is 1. The van der Waals surface area contributed by atoms with Crippen LogP contribution in [0.15, 0.2) is 0 Å². The van der Waals surface area contributed by atoms with Crippen molar-refractivity contribution in [2.75, 3.05) is 13.2 Å². The van der Waals surface area contributed by atoms with E-state index in [2.05, 4.69) is 10.6 Å². The maximum absolute atomic E-state index is 11.7. The van der Waals surface area contributed by atoms with Crippen molar-refractivity contribution in [2.45, 2.75) is 39.0 Å². The van der Waals surface area contributed by atoms with E-state index in [-0.39, 0.29) is 5.97 Å². The molecular formula is C14H22N2O4. The van der Waals surface area contributed by atoms with Gasteiger partial charge in [-0.3, -0.25) is 14.9 Å². The molecule has 3 atom stereocenters. The molecule has 0 aliphatic heterocycles. The quantitative estimate of drug-likeness (QED) is 0.742. The van der Waals surface area contributed by atoms with Crippen molar-refractivity contribution in [1.82, 2.24) is 10.6 Å². The lowest BCUT2D eigenvalue weighted by Crippen LogP contribution is -2.41. The second-order valence-electron chi connectivity index (χ2n) is 5.71. The van der Waals surface area contributed by atoms with Crippen LogP contribution in [0.25, 0.3) is 0 Å². The fourth-order valence-corrected chi connectivity index (χ4v) is 3.41. The number of ether oxygens (including phenoxy) is 1. The second-order valence-corrected chi connectivity index (χ2v) is 5.71. The Labute approximate surface area is 118 Å². The van der Waals surface area contributed by atoms with Crippen LogP contribution < -0.4 is 10.6 Å². The number of fused-ring (bicyclic) bond motifs is 2. The van der Waals surface area contributed by atoms with Gasteiger partial charge in [-0.15, -0.1) is 0 Å². The molecule has 0 aromatic rings. The summed E-state index contributed by atoms with van der Waals surface area (Å²) in [6, 6.07) is -0.568. The summed E-state index contributed by atoms with van der Waals surface area (Å²) in [5.74, 6) is 0.939. The highest BCUT2D eigenvalue weighted by atomic mass is 16.5. The lowest BCUT2D eigenvalue weighted by Gasteiger charge is -2.20. The SMILES string of the molecule is CCNC(=O)NC(=O)COC(=O)C[C@H]1C[C@H]2CC[C@H]1C2. The third kappa shape index (κ3) is 3.95. The van der Waals surface area contributed by atoms with Crippen molar-refractivity contribution in [3.05, 3.63) is 0 Å². The summed E-state index contributed by atoms with van der Waals surface area (Å²) in [6.45, 7) is 1.79. The lowest BCUT2D eigenvalue weighted by atomic mass is 9.86. The van der Waals surface area contributed by atoms with Crippen molar-refractivity contribution in [1.29, 1.82) is 0 Å². The van der Waals surface area contributed by atoms with Crippen LogP contribution in [0, 0.1) is 17.8 Å². The van der Waals surface area contributed by atoms with Crippen molar-refractivity contribution in [3.8, 4) is 0 Å². The Bertz CT molecular complexity index is 397. The van der Waals surface area contributed by atoms with Gasteiger partial charge in [-0.05, 0) is 43.9 Å². The summed E-state index contributed by atoms with van der Waals surface area (Å²) in [5, 5.41) is 4.52. The van der Waals surface area contributed by atoms with Gasteiger partial charge in [0.05, 0.1) is 0 Å². The number of carbonyl (C=O) groups excluding carboxylic acids is 3. The van der Waals surface area contributed by atoms with Crippen LogP contribution in [0.5, 0.6) is 0 Å². The highest BCUT2D eigenvalue weighted by Gasteiger charge is 2.40. The Balaban J connectivity index is 1.62. The van der Waals surface area contributed by atoms with Gasteiger partial charge in [-0.1, -0.05) is 6.42 Å². The van der Waals surface area contributed by atoms with Crippen molar-refractivity contribution >= 4 is 17.9 Å². The zero-order valence-electron chi connectivity index (χ0n) is 11.8. The van der Waals surface area contributed by atoms with E-state index in [1.807, 2.05) is 0 Å². The third-order valence-corrected chi connectivity index (χ3v) is 4.27. The molecule has 0 aromatic heterocycles. The molecule has 2 saturated carbocycles. The number of rotatable bonds is 5. The summed E-state index contributed by atoms with van der Waals surface area (Å²) >= 11 is 0. The van der Waals surface area contributed by atoms with Gasteiger partial charge in [0.2, 0.25) is 0 Å². The summed E-state index contributed by atoms with van der Waals surface area (Å²) in [4.78, 5) is 34.1. The fraction of sp³-hybridized carbons (Fsp3) is 0.786. The van der Waals surface area contributed by atoms with Gasteiger partial charge >= 0.3 is 12.0 Å². The Morgan fingerprint density at radius 3 is 2.60 bits per heavy atom. The van der Waals surface area contributed by atoms with Crippen molar-refractivity contribution in [3.63, 3.8) is 0 Å². The van der Waals surface area contributed by atoms with Gasteiger partial charge in [-0.2, -0.15) is 0 Å². The lowest BCUT2D eigenvalue weighted by molar-refractivity contribution is -0.149. The molecule has 0 saturated heterocycles. The van der Waals surface area contributed by atoms with Gasteiger partial charge < -0.3 is 10.1 Å². The molecule has 0 heterocycles. The molecule has 2 rings (SSSR count). The highest BCUT2D eigenvalue weighted by molar-refractivity contribution is 5.95. The van der Waals surface area contributed by atoms with Crippen LogP contribution in [-0.2, 0) is 14.3 Å². The molecule has 112 valence electrons. The zero-order chi connectivity index (χ0) is 14.5. The molecule has 20 heavy (non-hydrogen) atoms. The van der Waals surface area contributed by atoms with Gasteiger partial charge in [0.1, 0.15) is 0 Å². The van der Waals surface area contributed by atoms with Crippen molar-refractivity contribution < 1.29 is 19.1 Å². The molecule has 2 bridgehead atoms. The summed E-state index contributed by atoms with van der Waals surface area (Å²) in [6.07, 6.45) is 5.28. The van der Waals surface area contributed by atoms with Crippen LogP contribution in [0.1, 0.15) is 39.0 Å². The van der Waals surface area contributed by atoms with E-state index in [4.69, 9.17) is 4.74 Å². The average molecular weight is 282 g/mol. The van der Waals surface area contributed by atoms with Gasteiger partial charge in [-0.25, -0.2) is 4.79 Å². The van der Waals surface area contributed by atoms with E-state index >= 15 is 0 Å². The van der Waals surface area contributed by atoms with Crippen LogP contribution in [0.2, 0.25) is 0 Å². The largest absolute Gasteiger partial charge is 0.456 e. The maximum Gasteiger partial charge on any atom is 0.321 e. The minimum Gasteiger partial charge on any atom is -0.456 e. The van der Waals surface area contributed by atoms with E-state index < -0.39 is 18.5 Å². The number of esters is 1. The third-order valence-electron chi connectivity index (χ3n) is 4.27. The average Bonchev–Trinajstić information content (AvgIpc) is 2.99. The minimum atomic E-state index is -0.600. The standard InChI is InChI=1S/C14H22N2O4/c1-2-15-14(19)16-12(17)8-20-13(18)7-11-6-9-3-4-10(11)5-9/h9-11H,2-8H2,1H3,(H2,15,16,17,19)/t9-,10-,11+/m0/s1. The fourth-order valence-electron chi connectivity index (χ4n) is 3.41. The zero-order valence-corrected chi connectivity index (χ0v) is 11.8. The number of nitrogens with one attached hydrogen (secondary N) is 2. The number of carbonyl (C=O) groups is 3. The van der Waals surface area contributed by atoms with Gasteiger partial charge in [0.25, 0.3) is 5.91 Å². The molecule has 0 unspecified atom stereocenters. The number of hydrogen-bond donors (Lipinski definition) is 2. The molecule has 2 aliphatic carbocycles. The molecule has 0 aromatic carbocycles. The first kappa shape index (κ1) is 14.8. The van der Waals surface area contributed by atoms with E-state index in [1.54, 1.807) is 6.92 Å². The first-order valence-electron chi connectivity index (χ1n) is 7.31. The van der Waals surface area contributed by atoms with E-state index in [0.29, 0.717) is 24.8 Å². The molecule has 6 heteroatoms. The first-order valence-corrected chi connectivity index (χ1v) is 7.31. The molecular weight excluding hydrogens is 260 g/mol. The molecule has 2 N–H and O–H groups in total. The topological polar surface area (TPSA) is 84.5 Å². The van der Waals surface area contributed by atoms with Gasteiger partial charge in [0, 0.05) is 13.0 Å². The predicted octanol–water partition coefficient (Wildman–Crippen LogP) is 1.20. The molecule has 2 aliphatic rings. The molecule has 2 fully saturated rings. The van der Waals surface area contributed by atoms with E-state index in [9.17, 15) is 14.4 Å². The predicted molar refractivity (Wildman–Crippen MR) is 71.7 cm³/mol. The number of urea groups is 1. The van der Waals surface area contributed by atoms with Crippen LogP contribution in [0.4, 0.5) is 4.79 Å². The smallest absolute Gasteiger partial charge is 0.321 e. The van der Waals surface area contributed by atoms with Crippen LogP contribution >= 0.6 is 0 Å². The minimum absolute atomic E-state index is 0.339. The van der Waals surface area contributed by atoms with Gasteiger partial charge in [0.15, 0.2) is 6.61 Å². The Kier molecular flexibility index (Phi) is 4.98. The molecule has 6 nitrogen and oxygen atoms in total. The Morgan fingerprint density at radius 1 is 1.20 bits per heavy atom. The molecule has 0 radical (unpaired) electrons. The van der Waals surface area contributed by atoms with Crippen molar-refractivity contribution in [2.24, 2.45) is 17.8 Å². The monoisotopic (exact) mass is 282 g/mol. The maximum atomic E-state index is 11.7. The number of hydrogen-bond acceptors (Lipinski definition) is 4. The molecule has 3 amide bonds. The molecule has 0 spiro atoms. The highest BCUT2D eigenvalue weighted by Crippen LogP contribution is 2.49.